The number of benzene rings is 1. The first-order valence-electron chi connectivity index (χ1n) is 9.14. The number of hydrogen-bond donors (Lipinski definition) is 2. The first-order chi connectivity index (χ1) is 13.2. The van der Waals surface area contributed by atoms with E-state index in [-0.39, 0.29) is 12.4 Å². The number of aryl methyl sites for hydroxylation is 2. The number of esters is 1. The van der Waals surface area contributed by atoms with Gasteiger partial charge < -0.3 is 24.5 Å². The molecule has 152 valence electrons. The van der Waals surface area contributed by atoms with Gasteiger partial charge in [0.25, 0.3) is 0 Å². The van der Waals surface area contributed by atoms with Crippen LogP contribution >= 0.6 is 0 Å². The molecule has 2 N–H and O–H groups in total. The molecule has 28 heavy (non-hydrogen) atoms. The van der Waals surface area contributed by atoms with Crippen LogP contribution in [0, 0.1) is 20.8 Å². The average molecular weight is 388 g/mol. The third-order valence-electron chi connectivity index (χ3n) is 4.66. The zero-order valence-corrected chi connectivity index (χ0v) is 17.5. The molecule has 1 aromatic carbocycles. The van der Waals surface area contributed by atoms with E-state index in [0.29, 0.717) is 34.0 Å². The summed E-state index contributed by atoms with van der Waals surface area (Å²) in [5.41, 5.74) is 3.72. The summed E-state index contributed by atoms with van der Waals surface area (Å²) in [7, 11) is 3.14. The lowest BCUT2D eigenvalue weighted by molar-refractivity contribution is 0.0525. The Morgan fingerprint density at radius 1 is 1.11 bits per heavy atom. The van der Waals surface area contributed by atoms with Gasteiger partial charge in [-0.2, -0.15) is 0 Å². The molecule has 2 rings (SSSR count). The standard InChI is InChI=1S/C21H28N2O5/c1-8-28-21(25)18-12(3)19(23-13(18)4)20(24)14(5)22-15-10-17(27-7)16(26-6)9-11(15)2/h9-10,14,22-23H,8H2,1-7H3/t14-/m1/s1. The normalized spacial score (nSPS) is 11.7. The number of carbonyl (C=O) groups excluding carboxylic acids is 2. The van der Waals surface area contributed by atoms with E-state index in [4.69, 9.17) is 14.2 Å². The highest BCUT2D eigenvalue weighted by Crippen LogP contribution is 2.33. The van der Waals surface area contributed by atoms with Crippen molar-refractivity contribution in [2.45, 2.75) is 40.7 Å². The van der Waals surface area contributed by atoms with Gasteiger partial charge in [-0.3, -0.25) is 4.79 Å². The van der Waals surface area contributed by atoms with Gasteiger partial charge in [0.15, 0.2) is 11.5 Å². The Morgan fingerprint density at radius 3 is 2.29 bits per heavy atom. The summed E-state index contributed by atoms with van der Waals surface area (Å²) in [5.74, 6) is 0.626. The lowest BCUT2D eigenvalue weighted by Gasteiger charge is -2.18. The Hall–Kier alpha value is -2.96. The number of methoxy groups -OCH3 is 2. The highest BCUT2D eigenvalue weighted by atomic mass is 16.5. The molecule has 7 nitrogen and oxygen atoms in total. The molecule has 0 aliphatic rings. The number of carbonyl (C=O) groups is 2. The predicted octanol–water partition coefficient (Wildman–Crippen LogP) is 3.82. The Balaban J connectivity index is 2.29. The summed E-state index contributed by atoms with van der Waals surface area (Å²) in [5, 5.41) is 3.22. The lowest BCUT2D eigenvalue weighted by Crippen LogP contribution is -2.27. The van der Waals surface area contributed by atoms with Crippen LogP contribution in [-0.4, -0.2) is 43.6 Å². The van der Waals surface area contributed by atoms with Gasteiger partial charge in [0.05, 0.1) is 38.1 Å². The van der Waals surface area contributed by atoms with Gasteiger partial charge in [0, 0.05) is 17.4 Å². The van der Waals surface area contributed by atoms with Crippen molar-refractivity contribution >= 4 is 17.4 Å². The maximum absolute atomic E-state index is 13.0. The molecule has 0 aliphatic heterocycles. The fourth-order valence-corrected chi connectivity index (χ4v) is 3.16. The van der Waals surface area contributed by atoms with Crippen molar-refractivity contribution in [3.05, 3.63) is 40.2 Å². The number of aromatic amines is 1. The highest BCUT2D eigenvalue weighted by molar-refractivity contribution is 6.04. The topological polar surface area (TPSA) is 89.7 Å². The summed E-state index contributed by atoms with van der Waals surface area (Å²) in [6.07, 6.45) is 0. The van der Waals surface area contributed by atoms with E-state index in [0.717, 1.165) is 11.3 Å². The predicted molar refractivity (Wildman–Crippen MR) is 108 cm³/mol. The summed E-state index contributed by atoms with van der Waals surface area (Å²) in [6, 6.07) is 3.12. The Morgan fingerprint density at radius 2 is 1.71 bits per heavy atom. The van der Waals surface area contributed by atoms with Crippen molar-refractivity contribution in [3.63, 3.8) is 0 Å². The molecule has 0 spiro atoms. The van der Waals surface area contributed by atoms with Crippen molar-refractivity contribution in [1.82, 2.24) is 4.98 Å². The Labute approximate surface area is 165 Å². The van der Waals surface area contributed by atoms with E-state index in [1.54, 1.807) is 48.0 Å². The number of aromatic nitrogens is 1. The van der Waals surface area contributed by atoms with Crippen LogP contribution in [0.3, 0.4) is 0 Å². The number of hydrogen-bond acceptors (Lipinski definition) is 6. The van der Waals surface area contributed by atoms with Crippen LogP contribution in [0.25, 0.3) is 0 Å². The number of nitrogens with one attached hydrogen (secondary N) is 2. The van der Waals surface area contributed by atoms with Gasteiger partial charge in [-0.05, 0) is 51.8 Å². The molecule has 0 saturated heterocycles. The Kier molecular flexibility index (Phi) is 6.72. The van der Waals surface area contributed by atoms with Gasteiger partial charge in [-0.25, -0.2) is 4.79 Å². The second kappa shape index (κ2) is 8.82. The van der Waals surface area contributed by atoms with Crippen LogP contribution in [0.1, 0.15) is 51.5 Å². The molecule has 0 amide bonds. The van der Waals surface area contributed by atoms with E-state index in [2.05, 4.69) is 10.3 Å². The zero-order valence-electron chi connectivity index (χ0n) is 17.5. The maximum atomic E-state index is 13.0. The molecule has 1 heterocycles. The number of rotatable bonds is 8. The van der Waals surface area contributed by atoms with Crippen LogP contribution in [0.5, 0.6) is 11.5 Å². The highest BCUT2D eigenvalue weighted by Gasteiger charge is 2.26. The van der Waals surface area contributed by atoms with Crippen LogP contribution in [0.4, 0.5) is 5.69 Å². The summed E-state index contributed by atoms with van der Waals surface area (Å²) < 4.78 is 15.7. The monoisotopic (exact) mass is 388 g/mol. The summed E-state index contributed by atoms with van der Waals surface area (Å²) >= 11 is 0. The summed E-state index contributed by atoms with van der Waals surface area (Å²) in [6.45, 7) is 9.23. The molecule has 1 atom stereocenters. The first-order valence-corrected chi connectivity index (χ1v) is 9.14. The van der Waals surface area contributed by atoms with Crippen molar-refractivity contribution in [2.75, 3.05) is 26.1 Å². The minimum Gasteiger partial charge on any atom is -0.493 e. The number of ketones is 1. The molecule has 0 bridgehead atoms. The summed E-state index contributed by atoms with van der Waals surface area (Å²) in [4.78, 5) is 28.2. The molecule has 2 aromatic rings. The van der Waals surface area contributed by atoms with Crippen molar-refractivity contribution in [2.24, 2.45) is 0 Å². The van der Waals surface area contributed by atoms with E-state index in [9.17, 15) is 9.59 Å². The van der Waals surface area contributed by atoms with Gasteiger partial charge >= 0.3 is 5.97 Å². The fourth-order valence-electron chi connectivity index (χ4n) is 3.16. The van der Waals surface area contributed by atoms with Gasteiger partial charge in [0.2, 0.25) is 5.78 Å². The number of Topliss-reactive ketones (excluding diaryl/α,β-unsaturated/α-hetero) is 1. The first kappa shape index (κ1) is 21.3. The number of H-pyrrole nitrogens is 1. The van der Waals surface area contributed by atoms with Crippen LogP contribution in [0.15, 0.2) is 12.1 Å². The van der Waals surface area contributed by atoms with Gasteiger partial charge in [0.1, 0.15) is 0 Å². The fraction of sp³-hybridized carbons (Fsp3) is 0.429. The third kappa shape index (κ3) is 4.13. The third-order valence-corrected chi connectivity index (χ3v) is 4.66. The lowest BCUT2D eigenvalue weighted by atomic mass is 10.0. The van der Waals surface area contributed by atoms with E-state index in [1.807, 2.05) is 13.0 Å². The van der Waals surface area contributed by atoms with Crippen LogP contribution in [0.2, 0.25) is 0 Å². The van der Waals surface area contributed by atoms with Crippen molar-refractivity contribution in [1.29, 1.82) is 0 Å². The zero-order chi connectivity index (χ0) is 21.0. The molecule has 0 unspecified atom stereocenters. The molecular formula is C21H28N2O5. The van der Waals surface area contributed by atoms with Crippen LogP contribution in [-0.2, 0) is 4.74 Å². The second-order valence-electron chi connectivity index (χ2n) is 6.60. The minimum atomic E-state index is -0.524. The van der Waals surface area contributed by atoms with Crippen molar-refractivity contribution in [3.8, 4) is 11.5 Å². The molecule has 0 fully saturated rings. The molecule has 7 heteroatoms. The van der Waals surface area contributed by atoms with Gasteiger partial charge in [-0.15, -0.1) is 0 Å². The van der Waals surface area contributed by atoms with Crippen molar-refractivity contribution < 1.29 is 23.8 Å². The molecule has 0 saturated carbocycles. The van der Waals surface area contributed by atoms with Gasteiger partial charge in [-0.1, -0.05) is 0 Å². The maximum Gasteiger partial charge on any atom is 0.340 e. The molecular weight excluding hydrogens is 360 g/mol. The average Bonchev–Trinajstić information content (AvgIpc) is 2.96. The van der Waals surface area contributed by atoms with E-state index >= 15 is 0 Å². The quantitative estimate of drug-likeness (QED) is 0.528. The smallest absolute Gasteiger partial charge is 0.340 e. The Bertz CT molecular complexity index is 885. The number of ether oxygens (including phenoxy) is 3. The SMILES string of the molecule is CCOC(=O)c1c(C)[nH]c(C(=O)[C@@H](C)Nc2cc(OC)c(OC)cc2C)c1C. The number of anilines is 1. The van der Waals surface area contributed by atoms with E-state index < -0.39 is 12.0 Å². The minimum absolute atomic E-state index is 0.148. The molecule has 0 radical (unpaired) electrons. The second-order valence-corrected chi connectivity index (χ2v) is 6.60. The molecule has 0 aliphatic carbocycles. The van der Waals surface area contributed by atoms with Crippen LogP contribution < -0.4 is 14.8 Å². The largest absolute Gasteiger partial charge is 0.493 e. The molecule has 1 aromatic heterocycles. The van der Waals surface area contributed by atoms with E-state index in [1.165, 1.54) is 0 Å².